The van der Waals surface area contributed by atoms with Gasteiger partial charge in [0.1, 0.15) is 5.78 Å². The second kappa shape index (κ2) is 8.61. The maximum absolute atomic E-state index is 11.1. The molecule has 0 aromatic heterocycles. The van der Waals surface area contributed by atoms with Gasteiger partial charge in [-0.2, -0.15) is 0 Å². The molecule has 0 unspecified atom stereocenters. The van der Waals surface area contributed by atoms with Gasteiger partial charge in [-0.05, 0) is 26.3 Å². The molecule has 0 aliphatic heterocycles. The Morgan fingerprint density at radius 3 is 2.59 bits per heavy atom. The quantitative estimate of drug-likeness (QED) is 0.605. The highest BCUT2D eigenvalue weighted by atomic mass is 16.5. The fraction of sp³-hybridized carbons (Fsp3) is 0.923. The van der Waals surface area contributed by atoms with Crippen molar-refractivity contribution in [2.75, 3.05) is 40.5 Å². The summed E-state index contributed by atoms with van der Waals surface area (Å²) < 4.78 is 10.5. The van der Waals surface area contributed by atoms with E-state index in [1.165, 1.54) is 0 Å². The lowest BCUT2D eigenvalue weighted by Gasteiger charge is -2.30. The number of nitrogens with zero attached hydrogens (tertiary/aromatic N) is 1. The molecule has 1 rings (SSSR count). The van der Waals surface area contributed by atoms with Gasteiger partial charge in [-0.3, -0.25) is 4.79 Å². The van der Waals surface area contributed by atoms with E-state index in [4.69, 9.17) is 9.47 Å². The first-order valence-electron chi connectivity index (χ1n) is 6.52. The summed E-state index contributed by atoms with van der Waals surface area (Å²) in [6.07, 6.45) is 4.49. The van der Waals surface area contributed by atoms with Gasteiger partial charge in [-0.25, -0.2) is 0 Å². The number of ether oxygens (including phenoxy) is 2. The van der Waals surface area contributed by atoms with Crippen molar-refractivity contribution in [2.24, 2.45) is 0 Å². The Morgan fingerprint density at radius 2 is 1.94 bits per heavy atom. The van der Waals surface area contributed by atoms with Gasteiger partial charge < -0.3 is 14.4 Å². The van der Waals surface area contributed by atoms with Gasteiger partial charge >= 0.3 is 0 Å². The van der Waals surface area contributed by atoms with Crippen molar-refractivity contribution in [1.82, 2.24) is 4.90 Å². The van der Waals surface area contributed by atoms with Crippen LogP contribution in [-0.2, 0) is 14.3 Å². The van der Waals surface area contributed by atoms with E-state index >= 15 is 0 Å². The van der Waals surface area contributed by atoms with Crippen LogP contribution in [0.5, 0.6) is 0 Å². The Hall–Kier alpha value is -0.450. The zero-order chi connectivity index (χ0) is 12.5. The third-order valence-corrected chi connectivity index (χ3v) is 3.36. The fourth-order valence-electron chi connectivity index (χ4n) is 2.16. The molecule has 4 nitrogen and oxygen atoms in total. The predicted octanol–water partition coefficient (Wildman–Crippen LogP) is 1.48. The number of likely N-dealkylation sites (N-methyl/N-ethyl adjacent to an activating group) is 1. The summed E-state index contributed by atoms with van der Waals surface area (Å²) in [4.78, 5) is 13.5. The van der Waals surface area contributed by atoms with E-state index in [-0.39, 0.29) is 0 Å². The van der Waals surface area contributed by atoms with E-state index in [2.05, 4.69) is 11.9 Å². The summed E-state index contributed by atoms with van der Waals surface area (Å²) >= 11 is 0. The van der Waals surface area contributed by atoms with Gasteiger partial charge in [-0.15, -0.1) is 0 Å². The van der Waals surface area contributed by atoms with Crippen LogP contribution < -0.4 is 0 Å². The third-order valence-electron chi connectivity index (χ3n) is 3.36. The molecule has 0 spiro atoms. The zero-order valence-corrected chi connectivity index (χ0v) is 11.1. The number of hydrogen-bond acceptors (Lipinski definition) is 4. The second-order valence-corrected chi connectivity index (χ2v) is 4.71. The summed E-state index contributed by atoms with van der Waals surface area (Å²) in [7, 11) is 3.83. The molecular weight excluding hydrogens is 218 g/mol. The van der Waals surface area contributed by atoms with Crippen molar-refractivity contribution in [1.29, 1.82) is 0 Å². The van der Waals surface area contributed by atoms with Crippen LogP contribution in [0.15, 0.2) is 0 Å². The van der Waals surface area contributed by atoms with Crippen molar-refractivity contribution < 1.29 is 14.3 Å². The van der Waals surface area contributed by atoms with Crippen LogP contribution in [0.3, 0.4) is 0 Å². The molecule has 0 heterocycles. The Bertz CT molecular complexity index is 211. The number of Topliss-reactive ketones (excluding diaryl/α,β-unsaturated/α-hetero) is 1. The molecule has 0 atom stereocenters. The predicted molar refractivity (Wildman–Crippen MR) is 67.2 cm³/mol. The summed E-state index contributed by atoms with van der Waals surface area (Å²) in [5.74, 6) is 0.422. The van der Waals surface area contributed by atoms with Crippen LogP contribution in [0, 0.1) is 0 Å². The van der Waals surface area contributed by atoms with E-state index < -0.39 is 0 Å². The highest BCUT2D eigenvalue weighted by Crippen LogP contribution is 2.18. The average Bonchev–Trinajstić information content (AvgIpc) is 2.34. The van der Waals surface area contributed by atoms with Gasteiger partial charge in [-0.1, -0.05) is 0 Å². The molecule has 100 valence electrons. The van der Waals surface area contributed by atoms with Gasteiger partial charge in [0.25, 0.3) is 0 Å². The van der Waals surface area contributed by atoms with E-state index in [0.717, 1.165) is 58.5 Å². The van der Waals surface area contributed by atoms with Crippen molar-refractivity contribution >= 4 is 5.78 Å². The first-order valence-corrected chi connectivity index (χ1v) is 6.52. The SMILES string of the molecule is COCCCOCCN(C)C1CCC(=O)CC1. The molecule has 0 aromatic carbocycles. The molecule has 0 amide bonds. The van der Waals surface area contributed by atoms with Gasteiger partial charge in [0.2, 0.25) is 0 Å². The second-order valence-electron chi connectivity index (χ2n) is 4.71. The molecule has 0 bridgehead atoms. The van der Waals surface area contributed by atoms with Gasteiger partial charge in [0.15, 0.2) is 0 Å². The van der Waals surface area contributed by atoms with E-state index in [9.17, 15) is 4.79 Å². The van der Waals surface area contributed by atoms with Crippen molar-refractivity contribution in [3.05, 3.63) is 0 Å². The molecule has 0 aromatic rings. The first-order chi connectivity index (χ1) is 8.24. The van der Waals surface area contributed by atoms with Crippen LogP contribution in [0.1, 0.15) is 32.1 Å². The molecule has 0 saturated heterocycles. The summed E-state index contributed by atoms with van der Waals surface area (Å²) in [5.41, 5.74) is 0. The summed E-state index contributed by atoms with van der Waals surface area (Å²) in [6.45, 7) is 3.25. The van der Waals surface area contributed by atoms with Gasteiger partial charge in [0, 0.05) is 45.8 Å². The third kappa shape index (κ3) is 6.15. The minimum atomic E-state index is 0.422. The smallest absolute Gasteiger partial charge is 0.133 e. The number of methoxy groups -OCH3 is 1. The molecule has 1 aliphatic carbocycles. The Balaban J connectivity index is 2.00. The van der Waals surface area contributed by atoms with Crippen molar-refractivity contribution in [3.63, 3.8) is 0 Å². The highest BCUT2D eigenvalue weighted by molar-refractivity contribution is 5.79. The Kier molecular flexibility index (Phi) is 7.40. The molecule has 1 aliphatic rings. The van der Waals surface area contributed by atoms with Gasteiger partial charge in [0.05, 0.1) is 6.61 Å². The number of carbonyl (C=O) groups is 1. The highest BCUT2D eigenvalue weighted by Gasteiger charge is 2.21. The largest absolute Gasteiger partial charge is 0.385 e. The molecular formula is C13H25NO3. The Labute approximate surface area is 104 Å². The van der Waals surface area contributed by atoms with Crippen molar-refractivity contribution in [3.8, 4) is 0 Å². The first kappa shape index (κ1) is 14.6. The standard InChI is InChI=1S/C13H25NO3/c1-14(8-11-17-10-3-9-16-2)12-4-6-13(15)7-5-12/h12H,3-11H2,1-2H3. The summed E-state index contributed by atoms with van der Waals surface area (Å²) in [5, 5.41) is 0. The minimum Gasteiger partial charge on any atom is -0.385 e. The van der Waals surface area contributed by atoms with E-state index in [1.54, 1.807) is 7.11 Å². The van der Waals surface area contributed by atoms with Crippen LogP contribution in [0.2, 0.25) is 0 Å². The van der Waals surface area contributed by atoms with Crippen LogP contribution >= 0.6 is 0 Å². The number of carbonyl (C=O) groups excluding carboxylic acids is 1. The summed E-state index contributed by atoms with van der Waals surface area (Å²) in [6, 6.07) is 0.565. The normalized spacial score (nSPS) is 17.9. The molecule has 0 N–H and O–H groups in total. The molecule has 4 heteroatoms. The van der Waals surface area contributed by atoms with Crippen LogP contribution in [0.25, 0.3) is 0 Å². The molecule has 0 radical (unpaired) electrons. The lowest BCUT2D eigenvalue weighted by molar-refractivity contribution is -0.121. The minimum absolute atomic E-state index is 0.422. The average molecular weight is 243 g/mol. The van der Waals surface area contributed by atoms with Crippen LogP contribution in [-0.4, -0.2) is 57.2 Å². The van der Waals surface area contributed by atoms with E-state index in [0.29, 0.717) is 11.8 Å². The number of rotatable bonds is 8. The topological polar surface area (TPSA) is 38.8 Å². The lowest BCUT2D eigenvalue weighted by atomic mass is 9.93. The molecule has 1 saturated carbocycles. The van der Waals surface area contributed by atoms with Crippen LogP contribution in [0.4, 0.5) is 0 Å². The monoisotopic (exact) mass is 243 g/mol. The van der Waals surface area contributed by atoms with E-state index in [1.807, 2.05) is 0 Å². The number of ketones is 1. The Morgan fingerprint density at radius 1 is 1.24 bits per heavy atom. The van der Waals surface area contributed by atoms with Crippen molar-refractivity contribution in [2.45, 2.75) is 38.1 Å². The maximum atomic E-state index is 11.1. The zero-order valence-electron chi connectivity index (χ0n) is 11.1. The molecule has 1 fully saturated rings. The maximum Gasteiger partial charge on any atom is 0.133 e. The fourth-order valence-corrected chi connectivity index (χ4v) is 2.16. The molecule has 17 heavy (non-hydrogen) atoms. The lowest BCUT2D eigenvalue weighted by Crippen LogP contribution is -2.37. The number of hydrogen-bond donors (Lipinski definition) is 0.